The number of aromatic nitrogens is 2. The van der Waals surface area contributed by atoms with E-state index in [1.807, 2.05) is 24.7 Å². The molecular weight excluding hydrogens is 233 g/mol. The standard InChI is InChI=1S/C13H16FN3O/c1-9(13-15-6-7-17(13)2)16-11-5-4-10(14)8-12(11)18-3/h4-9,16H,1-3H3. The van der Waals surface area contributed by atoms with Crippen molar-refractivity contribution in [3.8, 4) is 5.75 Å². The Bertz CT molecular complexity index is 539. The molecule has 0 bridgehead atoms. The van der Waals surface area contributed by atoms with Gasteiger partial charge in [-0.3, -0.25) is 0 Å². The minimum atomic E-state index is -0.318. The summed E-state index contributed by atoms with van der Waals surface area (Å²) in [6, 6.07) is 4.42. The summed E-state index contributed by atoms with van der Waals surface area (Å²) in [5, 5.41) is 3.26. The van der Waals surface area contributed by atoms with Crippen molar-refractivity contribution in [3.05, 3.63) is 42.2 Å². The summed E-state index contributed by atoms with van der Waals surface area (Å²) in [5.41, 5.74) is 0.745. The number of ether oxygens (including phenoxy) is 1. The number of aryl methyl sites for hydroxylation is 1. The normalized spacial score (nSPS) is 12.2. The van der Waals surface area contributed by atoms with Crippen LogP contribution in [0.2, 0.25) is 0 Å². The van der Waals surface area contributed by atoms with E-state index in [0.29, 0.717) is 5.75 Å². The van der Waals surface area contributed by atoms with Gasteiger partial charge in [-0.1, -0.05) is 0 Å². The Labute approximate surface area is 105 Å². The molecule has 0 radical (unpaired) electrons. The van der Waals surface area contributed by atoms with E-state index in [0.717, 1.165) is 11.5 Å². The molecule has 5 heteroatoms. The van der Waals surface area contributed by atoms with Crippen LogP contribution in [0, 0.1) is 5.82 Å². The molecule has 0 spiro atoms. The molecule has 1 unspecified atom stereocenters. The minimum Gasteiger partial charge on any atom is -0.494 e. The Morgan fingerprint density at radius 1 is 1.44 bits per heavy atom. The second-order valence-electron chi connectivity index (χ2n) is 4.11. The lowest BCUT2D eigenvalue weighted by Crippen LogP contribution is -2.12. The lowest BCUT2D eigenvalue weighted by molar-refractivity contribution is 0.412. The summed E-state index contributed by atoms with van der Waals surface area (Å²) in [4.78, 5) is 4.27. The van der Waals surface area contributed by atoms with Gasteiger partial charge in [0.1, 0.15) is 17.4 Å². The maximum absolute atomic E-state index is 13.1. The van der Waals surface area contributed by atoms with Crippen molar-refractivity contribution in [2.45, 2.75) is 13.0 Å². The monoisotopic (exact) mass is 249 g/mol. The first-order valence-electron chi connectivity index (χ1n) is 5.69. The van der Waals surface area contributed by atoms with Crippen molar-refractivity contribution in [2.75, 3.05) is 12.4 Å². The molecule has 96 valence electrons. The van der Waals surface area contributed by atoms with Crippen LogP contribution in [0.3, 0.4) is 0 Å². The number of benzene rings is 1. The van der Waals surface area contributed by atoms with Gasteiger partial charge < -0.3 is 14.6 Å². The van der Waals surface area contributed by atoms with Crippen molar-refractivity contribution in [1.82, 2.24) is 9.55 Å². The molecule has 1 N–H and O–H groups in total. The Morgan fingerprint density at radius 2 is 2.22 bits per heavy atom. The quantitative estimate of drug-likeness (QED) is 0.905. The van der Waals surface area contributed by atoms with Crippen molar-refractivity contribution >= 4 is 5.69 Å². The molecule has 4 nitrogen and oxygen atoms in total. The fourth-order valence-corrected chi connectivity index (χ4v) is 1.88. The van der Waals surface area contributed by atoms with E-state index in [1.54, 1.807) is 12.3 Å². The van der Waals surface area contributed by atoms with Gasteiger partial charge in [-0.15, -0.1) is 0 Å². The van der Waals surface area contributed by atoms with E-state index in [9.17, 15) is 4.39 Å². The summed E-state index contributed by atoms with van der Waals surface area (Å²) in [6.07, 6.45) is 3.63. The van der Waals surface area contributed by atoms with Crippen LogP contribution in [0.15, 0.2) is 30.6 Å². The predicted molar refractivity (Wildman–Crippen MR) is 68.2 cm³/mol. The highest BCUT2D eigenvalue weighted by Crippen LogP contribution is 2.28. The van der Waals surface area contributed by atoms with Crippen LogP contribution >= 0.6 is 0 Å². The molecule has 0 saturated carbocycles. The number of imidazole rings is 1. The summed E-state index contributed by atoms with van der Waals surface area (Å²) >= 11 is 0. The lowest BCUT2D eigenvalue weighted by atomic mass is 10.2. The maximum atomic E-state index is 13.1. The Kier molecular flexibility index (Phi) is 3.50. The molecule has 0 aliphatic heterocycles. The van der Waals surface area contributed by atoms with Gasteiger partial charge in [0.15, 0.2) is 0 Å². The van der Waals surface area contributed by atoms with E-state index < -0.39 is 0 Å². The first-order valence-corrected chi connectivity index (χ1v) is 5.69. The van der Waals surface area contributed by atoms with Gasteiger partial charge in [0.2, 0.25) is 0 Å². The summed E-state index contributed by atoms with van der Waals surface area (Å²) in [6.45, 7) is 1.99. The number of halogens is 1. The zero-order valence-corrected chi connectivity index (χ0v) is 10.6. The molecule has 0 aliphatic rings. The Hall–Kier alpha value is -2.04. The second kappa shape index (κ2) is 5.08. The van der Waals surface area contributed by atoms with Crippen LogP contribution in [-0.4, -0.2) is 16.7 Å². The number of hydrogen-bond donors (Lipinski definition) is 1. The van der Waals surface area contributed by atoms with Gasteiger partial charge in [0, 0.05) is 25.5 Å². The van der Waals surface area contributed by atoms with Gasteiger partial charge >= 0.3 is 0 Å². The largest absolute Gasteiger partial charge is 0.494 e. The topological polar surface area (TPSA) is 39.1 Å². The third-order valence-electron chi connectivity index (χ3n) is 2.78. The molecule has 2 aromatic rings. The summed E-state index contributed by atoms with van der Waals surface area (Å²) in [5.74, 6) is 1.07. The van der Waals surface area contributed by atoms with Crippen LogP contribution in [0.5, 0.6) is 5.75 Å². The highest BCUT2D eigenvalue weighted by atomic mass is 19.1. The number of nitrogens with zero attached hydrogens (tertiary/aromatic N) is 2. The summed E-state index contributed by atoms with van der Waals surface area (Å²) < 4.78 is 20.2. The number of methoxy groups -OCH3 is 1. The average Bonchev–Trinajstić information content (AvgIpc) is 2.77. The molecule has 2 rings (SSSR count). The average molecular weight is 249 g/mol. The van der Waals surface area contributed by atoms with Gasteiger partial charge in [0.05, 0.1) is 18.8 Å². The summed E-state index contributed by atoms with van der Waals surface area (Å²) in [7, 11) is 3.45. The number of hydrogen-bond acceptors (Lipinski definition) is 3. The van der Waals surface area contributed by atoms with E-state index in [4.69, 9.17) is 4.74 Å². The van der Waals surface area contributed by atoms with Gasteiger partial charge in [-0.2, -0.15) is 0 Å². The van der Waals surface area contributed by atoms with Gasteiger partial charge in [-0.25, -0.2) is 9.37 Å². The first kappa shape index (κ1) is 12.4. The molecule has 0 aliphatic carbocycles. The fraction of sp³-hybridized carbons (Fsp3) is 0.308. The van der Waals surface area contributed by atoms with Gasteiger partial charge in [-0.05, 0) is 19.1 Å². The first-order chi connectivity index (χ1) is 8.61. The Balaban J connectivity index is 2.21. The predicted octanol–water partition coefficient (Wildman–Crippen LogP) is 2.74. The van der Waals surface area contributed by atoms with E-state index in [2.05, 4.69) is 10.3 Å². The number of nitrogens with one attached hydrogen (secondary N) is 1. The smallest absolute Gasteiger partial charge is 0.144 e. The van der Waals surface area contributed by atoms with Crippen LogP contribution in [0.1, 0.15) is 18.8 Å². The third kappa shape index (κ3) is 2.45. The molecule has 1 heterocycles. The van der Waals surface area contributed by atoms with E-state index in [1.165, 1.54) is 19.2 Å². The molecule has 0 saturated heterocycles. The lowest BCUT2D eigenvalue weighted by Gasteiger charge is -2.17. The minimum absolute atomic E-state index is 0.00404. The van der Waals surface area contributed by atoms with Crippen molar-refractivity contribution in [1.29, 1.82) is 0 Å². The fourth-order valence-electron chi connectivity index (χ4n) is 1.88. The molecule has 1 atom stereocenters. The van der Waals surface area contributed by atoms with Crippen molar-refractivity contribution in [2.24, 2.45) is 7.05 Å². The highest BCUT2D eigenvalue weighted by molar-refractivity contribution is 5.57. The SMILES string of the molecule is COc1cc(F)ccc1NC(C)c1nccn1C. The maximum Gasteiger partial charge on any atom is 0.144 e. The molecular formula is C13H16FN3O. The van der Waals surface area contributed by atoms with Crippen LogP contribution in [0.25, 0.3) is 0 Å². The van der Waals surface area contributed by atoms with E-state index in [-0.39, 0.29) is 11.9 Å². The highest BCUT2D eigenvalue weighted by Gasteiger charge is 2.12. The second-order valence-corrected chi connectivity index (χ2v) is 4.11. The Morgan fingerprint density at radius 3 is 2.83 bits per heavy atom. The van der Waals surface area contributed by atoms with Gasteiger partial charge in [0.25, 0.3) is 0 Å². The molecule has 18 heavy (non-hydrogen) atoms. The third-order valence-corrected chi connectivity index (χ3v) is 2.78. The zero-order valence-electron chi connectivity index (χ0n) is 10.6. The number of anilines is 1. The molecule has 0 fully saturated rings. The molecule has 0 amide bonds. The van der Waals surface area contributed by atoms with Crippen LogP contribution < -0.4 is 10.1 Å². The van der Waals surface area contributed by atoms with Crippen molar-refractivity contribution < 1.29 is 9.13 Å². The zero-order chi connectivity index (χ0) is 13.1. The molecule has 1 aromatic heterocycles. The van der Waals surface area contributed by atoms with Crippen molar-refractivity contribution in [3.63, 3.8) is 0 Å². The van der Waals surface area contributed by atoms with Crippen LogP contribution in [0.4, 0.5) is 10.1 Å². The van der Waals surface area contributed by atoms with Crippen LogP contribution in [-0.2, 0) is 7.05 Å². The van der Waals surface area contributed by atoms with E-state index >= 15 is 0 Å². The number of rotatable bonds is 4. The molecule has 1 aromatic carbocycles.